The molecule has 0 fully saturated rings. The van der Waals surface area contributed by atoms with Gasteiger partial charge in [-0.1, -0.05) is 152 Å². The van der Waals surface area contributed by atoms with Crippen LogP contribution in [0.25, 0.3) is 76.1 Å². The lowest BCUT2D eigenvalue weighted by Gasteiger charge is -2.16. The van der Waals surface area contributed by atoms with Crippen molar-refractivity contribution < 1.29 is 0 Å². The Labute approximate surface area is 291 Å². The highest BCUT2D eigenvalue weighted by atomic mass is 32.1. The molecule has 1 aliphatic rings. The van der Waals surface area contributed by atoms with E-state index in [0.717, 1.165) is 40.9 Å². The molecule has 0 spiro atoms. The summed E-state index contributed by atoms with van der Waals surface area (Å²) in [6.45, 7) is 0. The highest BCUT2D eigenvalue weighted by Crippen LogP contribution is 2.41. The quantitative estimate of drug-likeness (QED) is 0.176. The van der Waals surface area contributed by atoms with E-state index in [1.54, 1.807) is 0 Å². The normalized spacial score (nSPS) is 13.0. The predicted molar refractivity (Wildman–Crippen MR) is 210 cm³/mol. The van der Waals surface area contributed by atoms with Crippen molar-refractivity contribution in [2.24, 2.45) is 0 Å². The standard InChI is InChI=1S/C47H33NS/c1-3-12-34(13-4-1)44-30-40(31-45(48-44)35-14-5-2-6-15-35)38-18-9-16-36(28-38)32-24-26-33(27-25-32)37-17-10-19-39(29-37)41-21-11-22-43-42-20-7-8-23-46(42)49-47(41)43/h1-9,11-16,18-31H,10,17H2. The van der Waals surface area contributed by atoms with Gasteiger partial charge in [-0.3, -0.25) is 0 Å². The molecule has 0 saturated heterocycles. The first kappa shape index (κ1) is 29.3. The highest BCUT2D eigenvalue weighted by Gasteiger charge is 2.15. The van der Waals surface area contributed by atoms with Crippen LogP contribution >= 0.6 is 11.3 Å². The van der Waals surface area contributed by atoms with Gasteiger partial charge in [0, 0.05) is 31.3 Å². The molecule has 0 atom stereocenters. The maximum Gasteiger partial charge on any atom is 0.0715 e. The maximum absolute atomic E-state index is 5.07. The number of nitrogens with zero attached hydrogens (tertiary/aromatic N) is 1. The molecule has 49 heavy (non-hydrogen) atoms. The molecule has 2 heteroatoms. The zero-order chi connectivity index (χ0) is 32.6. The van der Waals surface area contributed by atoms with Gasteiger partial charge in [-0.05, 0) is 81.6 Å². The van der Waals surface area contributed by atoms with E-state index >= 15 is 0 Å². The molecular weight excluding hydrogens is 611 g/mol. The van der Waals surface area contributed by atoms with Crippen LogP contribution in [-0.2, 0) is 0 Å². The molecule has 1 nitrogen and oxygen atoms in total. The van der Waals surface area contributed by atoms with Gasteiger partial charge < -0.3 is 0 Å². The third-order valence-corrected chi connectivity index (χ3v) is 10.8. The summed E-state index contributed by atoms with van der Waals surface area (Å²) in [6, 6.07) is 58.9. The Bertz CT molecular complexity index is 2460. The number of fused-ring (bicyclic) bond motifs is 3. The van der Waals surface area contributed by atoms with Gasteiger partial charge in [0.2, 0.25) is 0 Å². The van der Waals surface area contributed by atoms with Crippen molar-refractivity contribution in [2.75, 3.05) is 0 Å². The van der Waals surface area contributed by atoms with Gasteiger partial charge in [0.1, 0.15) is 0 Å². The number of rotatable bonds is 6. The van der Waals surface area contributed by atoms with E-state index in [9.17, 15) is 0 Å². The third kappa shape index (κ3) is 5.71. The van der Waals surface area contributed by atoms with Gasteiger partial charge in [-0.2, -0.15) is 0 Å². The van der Waals surface area contributed by atoms with E-state index in [1.165, 1.54) is 59.1 Å². The topological polar surface area (TPSA) is 12.9 Å². The van der Waals surface area contributed by atoms with Crippen molar-refractivity contribution in [1.29, 1.82) is 0 Å². The summed E-state index contributed by atoms with van der Waals surface area (Å²) < 4.78 is 2.73. The van der Waals surface area contributed by atoms with Crippen LogP contribution in [-0.4, -0.2) is 4.98 Å². The number of hydrogen-bond donors (Lipinski definition) is 0. The van der Waals surface area contributed by atoms with E-state index in [2.05, 4.69) is 164 Å². The second kappa shape index (κ2) is 12.6. The Balaban J connectivity index is 1.03. The Morgan fingerprint density at radius 1 is 0.449 bits per heavy atom. The SMILES string of the molecule is C1=C(c2ccc(-c3cccc(-c4cc(-c5ccccc5)nc(-c5ccccc5)c4)c3)cc2)CCC=C1c1cccc2c1sc1ccccc12. The predicted octanol–water partition coefficient (Wildman–Crippen LogP) is 13.4. The van der Waals surface area contributed by atoms with Gasteiger partial charge >= 0.3 is 0 Å². The fourth-order valence-corrected chi connectivity index (χ4v) is 8.30. The molecule has 2 aromatic heterocycles. The maximum atomic E-state index is 5.07. The molecule has 0 radical (unpaired) electrons. The molecular formula is C47H33NS. The molecule has 1 aliphatic carbocycles. The lowest BCUT2D eigenvalue weighted by Crippen LogP contribution is -1.93. The Morgan fingerprint density at radius 3 is 1.78 bits per heavy atom. The number of pyridine rings is 1. The number of hydrogen-bond acceptors (Lipinski definition) is 2. The first-order chi connectivity index (χ1) is 24.3. The molecule has 0 amide bonds. The molecule has 6 aromatic carbocycles. The van der Waals surface area contributed by atoms with E-state index in [0.29, 0.717) is 0 Å². The first-order valence-corrected chi connectivity index (χ1v) is 17.7. The van der Waals surface area contributed by atoms with E-state index < -0.39 is 0 Å². The third-order valence-electron chi connectivity index (χ3n) is 9.57. The Morgan fingerprint density at radius 2 is 1.04 bits per heavy atom. The van der Waals surface area contributed by atoms with Gasteiger partial charge in [0.15, 0.2) is 0 Å². The summed E-state index contributed by atoms with van der Waals surface area (Å²) in [7, 11) is 0. The summed E-state index contributed by atoms with van der Waals surface area (Å²) in [5.41, 5.74) is 14.3. The van der Waals surface area contributed by atoms with Gasteiger partial charge in [0.25, 0.3) is 0 Å². The van der Waals surface area contributed by atoms with Crippen LogP contribution in [0, 0.1) is 0 Å². The monoisotopic (exact) mass is 643 g/mol. The molecule has 232 valence electrons. The largest absolute Gasteiger partial charge is 0.248 e. The summed E-state index contributed by atoms with van der Waals surface area (Å²) in [4.78, 5) is 5.07. The van der Waals surface area contributed by atoms with E-state index in [-0.39, 0.29) is 0 Å². The van der Waals surface area contributed by atoms with Crippen LogP contribution in [0.4, 0.5) is 0 Å². The number of thiophene rings is 1. The zero-order valence-corrected chi connectivity index (χ0v) is 27.8. The van der Waals surface area contributed by atoms with Crippen molar-refractivity contribution in [3.63, 3.8) is 0 Å². The van der Waals surface area contributed by atoms with Crippen molar-refractivity contribution in [2.45, 2.75) is 12.8 Å². The smallest absolute Gasteiger partial charge is 0.0715 e. The fraction of sp³-hybridized carbons (Fsp3) is 0.0426. The molecule has 0 N–H and O–H groups in total. The lowest BCUT2D eigenvalue weighted by atomic mass is 9.89. The summed E-state index contributed by atoms with van der Waals surface area (Å²) in [5, 5.41) is 2.70. The first-order valence-electron chi connectivity index (χ1n) is 16.9. The van der Waals surface area contributed by atoms with Gasteiger partial charge in [-0.15, -0.1) is 11.3 Å². The van der Waals surface area contributed by atoms with Gasteiger partial charge in [0.05, 0.1) is 11.4 Å². The summed E-state index contributed by atoms with van der Waals surface area (Å²) >= 11 is 1.90. The molecule has 0 saturated carbocycles. The van der Waals surface area contributed by atoms with Crippen molar-refractivity contribution in [1.82, 2.24) is 4.98 Å². The molecule has 0 bridgehead atoms. The van der Waals surface area contributed by atoms with Crippen molar-refractivity contribution in [3.05, 3.63) is 187 Å². The van der Waals surface area contributed by atoms with E-state index in [1.807, 2.05) is 23.5 Å². The molecule has 0 aliphatic heterocycles. The zero-order valence-electron chi connectivity index (χ0n) is 27.0. The fourth-order valence-electron chi connectivity index (χ4n) is 7.06. The summed E-state index contributed by atoms with van der Waals surface area (Å²) in [6.07, 6.45) is 6.93. The van der Waals surface area contributed by atoms with Crippen molar-refractivity contribution in [3.8, 4) is 44.8 Å². The minimum atomic E-state index is 0.976. The van der Waals surface area contributed by atoms with Crippen LogP contribution in [0.1, 0.15) is 24.0 Å². The second-order valence-electron chi connectivity index (χ2n) is 12.7. The van der Waals surface area contributed by atoms with Crippen LogP contribution in [0.2, 0.25) is 0 Å². The Hall–Kier alpha value is -5.83. The summed E-state index contributed by atoms with van der Waals surface area (Å²) in [5.74, 6) is 0. The van der Waals surface area contributed by atoms with Crippen LogP contribution in [0.15, 0.2) is 176 Å². The number of benzene rings is 6. The van der Waals surface area contributed by atoms with Crippen LogP contribution < -0.4 is 0 Å². The van der Waals surface area contributed by atoms with Crippen LogP contribution in [0.5, 0.6) is 0 Å². The number of allylic oxidation sites excluding steroid dienone is 4. The average Bonchev–Trinajstić information content (AvgIpc) is 3.58. The van der Waals surface area contributed by atoms with Gasteiger partial charge in [-0.25, -0.2) is 4.98 Å². The van der Waals surface area contributed by atoms with Crippen LogP contribution in [0.3, 0.4) is 0 Å². The average molecular weight is 644 g/mol. The van der Waals surface area contributed by atoms with Crippen molar-refractivity contribution >= 4 is 42.7 Å². The minimum Gasteiger partial charge on any atom is -0.248 e. The highest BCUT2D eigenvalue weighted by molar-refractivity contribution is 7.26. The molecule has 0 unspecified atom stereocenters. The molecule has 9 rings (SSSR count). The molecule has 8 aromatic rings. The lowest BCUT2D eigenvalue weighted by molar-refractivity contribution is 1.06. The second-order valence-corrected chi connectivity index (χ2v) is 13.7. The minimum absolute atomic E-state index is 0.976. The number of aromatic nitrogens is 1. The van der Waals surface area contributed by atoms with E-state index in [4.69, 9.17) is 4.98 Å². The Kier molecular flexibility index (Phi) is 7.57. The molecule has 2 heterocycles.